The van der Waals surface area contributed by atoms with Gasteiger partial charge in [0.25, 0.3) is 5.91 Å². The number of benzene rings is 2. The number of aliphatic hydroxyl groups is 1. The standard InChI is InChI=1S/C30H36N4O8S2/c1-3-20(2)14-34(44(38,39)23-9-10-26-27(12-23)41-19-40-26)16-25(35)24(11-21-7-5-4-6-8-21)32-29(36)28-17-33(30(37)42-28)15-22-13-31-18-43-22/h4-10,12-13,18,20,24-25,28,35H,3,11,14-17,19H2,1-2H3,(H,32,36)/t20-,24-,25+,28-/m0/s1. The fraction of sp³-hybridized carbons (Fsp3) is 0.433. The molecule has 236 valence electrons. The third-order valence-electron chi connectivity index (χ3n) is 7.69. The number of nitrogens with one attached hydrogen (secondary N) is 1. The van der Waals surface area contributed by atoms with Crippen molar-refractivity contribution in [3.63, 3.8) is 0 Å². The second-order valence-corrected chi connectivity index (χ2v) is 13.9. The Balaban J connectivity index is 1.34. The highest BCUT2D eigenvalue weighted by molar-refractivity contribution is 7.89. The highest BCUT2D eigenvalue weighted by Gasteiger charge is 2.39. The molecular weight excluding hydrogens is 608 g/mol. The van der Waals surface area contributed by atoms with E-state index in [-0.39, 0.29) is 50.2 Å². The summed E-state index contributed by atoms with van der Waals surface area (Å²) in [6.45, 7) is 4.09. The molecule has 2 aromatic carbocycles. The van der Waals surface area contributed by atoms with Gasteiger partial charge in [-0.2, -0.15) is 4.31 Å². The molecule has 1 fully saturated rings. The van der Waals surface area contributed by atoms with Gasteiger partial charge in [-0.15, -0.1) is 11.3 Å². The highest BCUT2D eigenvalue weighted by atomic mass is 32.2. The van der Waals surface area contributed by atoms with Gasteiger partial charge in [-0.1, -0.05) is 50.6 Å². The van der Waals surface area contributed by atoms with Gasteiger partial charge in [0.2, 0.25) is 16.8 Å². The van der Waals surface area contributed by atoms with E-state index in [0.29, 0.717) is 11.5 Å². The van der Waals surface area contributed by atoms with Crippen LogP contribution in [-0.2, 0) is 32.5 Å². The van der Waals surface area contributed by atoms with E-state index in [0.717, 1.165) is 16.9 Å². The number of cyclic esters (lactones) is 1. The molecule has 3 aromatic rings. The number of thiazole rings is 1. The molecule has 2 N–H and O–H groups in total. The predicted octanol–water partition coefficient (Wildman–Crippen LogP) is 3.02. The molecule has 2 amide bonds. The van der Waals surface area contributed by atoms with Gasteiger partial charge in [-0.3, -0.25) is 14.7 Å². The van der Waals surface area contributed by atoms with E-state index in [1.54, 1.807) is 17.8 Å². The molecule has 5 rings (SSSR count). The molecule has 44 heavy (non-hydrogen) atoms. The highest BCUT2D eigenvalue weighted by Crippen LogP contribution is 2.35. The van der Waals surface area contributed by atoms with Crippen molar-refractivity contribution >= 4 is 33.4 Å². The van der Waals surface area contributed by atoms with Gasteiger partial charge in [0.05, 0.1) is 35.6 Å². The Kier molecular flexibility index (Phi) is 10.0. The van der Waals surface area contributed by atoms with Crippen LogP contribution < -0.4 is 14.8 Å². The van der Waals surface area contributed by atoms with Crippen molar-refractivity contribution in [2.45, 2.75) is 56.4 Å². The third kappa shape index (κ3) is 7.49. The van der Waals surface area contributed by atoms with Crippen LogP contribution in [0.3, 0.4) is 0 Å². The Hall–Kier alpha value is -3.72. The van der Waals surface area contributed by atoms with Crippen molar-refractivity contribution in [2.75, 3.05) is 26.4 Å². The summed E-state index contributed by atoms with van der Waals surface area (Å²) in [6.07, 6.45) is -0.404. The molecular formula is C30H36N4O8S2. The van der Waals surface area contributed by atoms with E-state index >= 15 is 0 Å². The van der Waals surface area contributed by atoms with Crippen molar-refractivity contribution in [1.82, 2.24) is 19.5 Å². The zero-order valence-corrected chi connectivity index (χ0v) is 26.1. The predicted molar refractivity (Wildman–Crippen MR) is 162 cm³/mol. The maximum absolute atomic E-state index is 13.9. The number of ether oxygens (including phenoxy) is 3. The first kappa shape index (κ1) is 31.7. The Labute approximate surface area is 260 Å². The minimum Gasteiger partial charge on any atom is -0.454 e. The van der Waals surface area contributed by atoms with Gasteiger partial charge in [-0.05, 0) is 30.0 Å². The SMILES string of the molecule is CC[C@H](C)CN(C[C@@H](O)[C@H](Cc1ccccc1)NC(=O)[C@@H]1CN(Cc2cncs2)C(=O)O1)S(=O)(=O)c1ccc2c(c1)OCO2. The van der Waals surface area contributed by atoms with Gasteiger partial charge in [0.1, 0.15) is 0 Å². The number of amides is 2. The molecule has 0 spiro atoms. The number of carbonyl (C=O) groups excluding carboxylic acids is 2. The largest absolute Gasteiger partial charge is 0.454 e. The smallest absolute Gasteiger partial charge is 0.411 e. The van der Waals surface area contributed by atoms with Crippen molar-refractivity contribution in [3.8, 4) is 11.5 Å². The monoisotopic (exact) mass is 644 g/mol. The van der Waals surface area contributed by atoms with Gasteiger partial charge in [0, 0.05) is 30.2 Å². The Morgan fingerprint density at radius 3 is 2.68 bits per heavy atom. The van der Waals surface area contributed by atoms with E-state index in [9.17, 15) is 23.1 Å². The summed E-state index contributed by atoms with van der Waals surface area (Å²) in [6, 6.07) is 12.8. The van der Waals surface area contributed by atoms with Crippen LogP contribution >= 0.6 is 11.3 Å². The van der Waals surface area contributed by atoms with Crippen LogP contribution in [0.25, 0.3) is 0 Å². The minimum absolute atomic E-state index is 0.00409. The summed E-state index contributed by atoms with van der Waals surface area (Å²) in [4.78, 5) is 32.2. The first-order valence-corrected chi connectivity index (χ1v) is 16.7. The van der Waals surface area contributed by atoms with Crippen LogP contribution in [0.4, 0.5) is 4.79 Å². The van der Waals surface area contributed by atoms with Crippen LogP contribution in [0.1, 0.15) is 30.7 Å². The van der Waals surface area contributed by atoms with E-state index < -0.39 is 40.3 Å². The average Bonchev–Trinajstić information content (AvgIpc) is 3.78. The van der Waals surface area contributed by atoms with E-state index in [2.05, 4.69) is 10.3 Å². The van der Waals surface area contributed by atoms with Crippen LogP contribution in [0.5, 0.6) is 11.5 Å². The molecule has 0 saturated carbocycles. The summed E-state index contributed by atoms with van der Waals surface area (Å²) in [5.74, 6) is 0.217. The quantitative estimate of drug-likeness (QED) is 0.270. The van der Waals surface area contributed by atoms with E-state index in [1.807, 2.05) is 44.2 Å². The lowest BCUT2D eigenvalue weighted by atomic mass is 10.0. The summed E-state index contributed by atoms with van der Waals surface area (Å²) < 4.78 is 45.1. The van der Waals surface area contributed by atoms with E-state index in [1.165, 1.54) is 32.7 Å². The normalized spacial score (nSPS) is 18.2. The summed E-state index contributed by atoms with van der Waals surface area (Å²) in [5, 5.41) is 14.4. The van der Waals surface area contributed by atoms with Crippen LogP contribution in [0.2, 0.25) is 0 Å². The molecule has 4 atom stereocenters. The molecule has 12 nitrogen and oxygen atoms in total. The Morgan fingerprint density at radius 2 is 1.95 bits per heavy atom. The second-order valence-electron chi connectivity index (χ2n) is 10.9. The van der Waals surface area contributed by atoms with Gasteiger partial charge >= 0.3 is 6.09 Å². The van der Waals surface area contributed by atoms with Crippen molar-refractivity contribution in [3.05, 3.63) is 70.7 Å². The average molecular weight is 645 g/mol. The molecule has 14 heteroatoms. The molecule has 3 heterocycles. The molecule has 1 saturated heterocycles. The number of rotatable bonds is 14. The molecule has 0 aliphatic carbocycles. The second kappa shape index (κ2) is 13.9. The van der Waals surface area contributed by atoms with Crippen molar-refractivity contribution < 1.29 is 37.3 Å². The zero-order chi connectivity index (χ0) is 31.3. The zero-order valence-electron chi connectivity index (χ0n) is 24.5. The fourth-order valence-electron chi connectivity index (χ4n) is 4.98. The lowest BCUT2D eigenvalue weighted by Gasteiger charge is -2.31. The Morgan fingerprint density at radius 1 is 1.18 bits per heavy atom. The topological polar surface area (TPSA) is 148 Å². The number of aliphatic hydroxyl groups excluding tert-OH is 1. The fourth-order valence-corrected chi connectivity index (χ4v) is 7.18. The molecule has 2 aliphatic heterocycles. The van der Waals surface area contributed by atoms with Crippen molar-refractivity contribution in [1.29, 1.82) is 0 Å². The van der Waals surface area contributed by atoms with Crippen LogP contribution in [-0.4, -0.2) is 84.4 Å². The minimum atomic E-state index is -4.07. The van der Waals surface area contributed by atoms with Gasteiger partial charge in [-0.25, -0.2) is 13.2 Å². The number of carbonyl (C=O) groups is 2. The maximum Gasteiger partial charge on any atom is 0.411 e. The number of hydrogen-bond acceptors (Lipinski definition) is 10. The number of hydrogen-bond donors (Lipinski definition) is 2. The van der Waals surface area contributed by atoms with Gasteiger partial charge in [0.15, 0.2) is 17.6 Å². The lowest BCUT2D eigenvalue weighted by Crippen LogP contribution is -2.53. The molecule has 1 aromatic heterocycles. The maximum atomic E-state index is 13.9. The molecule has 0 bridgehead atoms. The summed E-state index contributed by atoms with van der Waals surface area (Å²) in [7, 11) is -4.07. The van der Waals surface area contributed by atoms with Gasteiger partial charge < -0.3 is 24.6 Å². The molecule has 0 radical (unpaired) electrons. The molecule has 0 unspecified atom stereocenters. The number of sulfonamides is 1. The first-order valence-electron chi connectivity index (χ1n) is 14.4. The summed E-state index contributed by atoms with van der Waals surface area (Å²) >= 11 is 1.39. The van der Waals surface area contributed by atoms with E-state index in [4.69, 9.17) is 14.2 Å². The number of fused-ring (bicyclic) bond motifs is 1. The Bertz CT molecular complexity index is 1540. The van der Waals surface area contributed by atoms with Crippen LogP contribution in [0, 0.1) is 5.92 Å². The number of aromatic nitrogens is 1. The van der Waals surface area contributed by atoms with Crippen LogP contribution in [0.15, 0.2) is 65.1 Å². The summed E-state index contributed by atoms with van der Waals surface area (Å²) in [5.41, 5.74) is 2.49. The third-order valence-corrected chi connectivity index (χ3v) is 10.3. The number of nitrogens with zero attached hydrogens (tertiary/aromatic N) is 3. The van der Waals surface area contributed by atoms with Crippen molar-refractivity contribution in [2.24, 2.45) is 5.92 Å². The lowest BCUT2D eigenvalue weighted by molar-refractivity contribution is -0.129. The molecule has 2 aliphatic rings. The first-order chi connectivity index (χ1) is 21.1.